The fourth-order valence-electron chi connectivity index (χ4n) is 2.49. The summed E-state index contributed by atoms with van der Waals surface area (Å²) < 4.78 is 15.6. The third-order valence-electron chi connectivity index (χ3n) is 3.92. The average Bonchev–Trinajstić information content (AvgIpc) is 3.04. The molecule has 3 rings (SSSR count). The molecule has 0 bridgehead atoms. The average molecular weight is 417 g/mol. The first kappa shape index (κ1) is 18.1. The number of nitrogens with one attached hydrogen (secondary N) is 1. The fraction of sp³-hybridized carbons (Fsp3) is 0.158. The van der Waals surface area contributed by atoms with Crippen LogP contribution >= 0.6 is 15.9 Å². The number of anilines is 2. The Morgan fingerprint density at radius 2 is 1.92 bits per heavy atom. The molecule has 0 atom stereocenters. The van der Waals surface area contributed by atoms with Crippen molar-refractivity contribution in [2.75, 3.05) is 24.3 Å². The zero-order valence-corrected chi connectivity index (χ0v) is 16.0. The van der Waals surface area contributed by atoms with E-state index in [1.54, 1.807) is 16.9 Å². The normalized spacial score (nSPS) is 10.6. The van der Waals surface area contributed by atoms with E-state index in [9.17, 15) is 9.18 Å². The number of halogens is 2. The molecule has 134 valence electrons. The molecule has 0 radical (unpaired) electrons. The molecule has 0 spiro atoms. The number of carbonyl (C=O) groups excluding carboxylic acids is 1. The maximum atomic E-state index is 13.4. The van der Waals surface area contributed by atoms with Gasteiger partial charge in [-0.2, -0.15) is 5.10 Å². The van der Waals surface area contributed by atoms with E-state index >= 15 is 0 Å². The van der Waals surface area contributed by atoms with E-state index in [1.807, 2.05) is 43.3 Å². The Labute approximate surface area is 159 Å². The summed E-state index contributed by atoms with van der Waals surface area (Å²) in [5.74, 6) is -0.322. The summed E-state index contributed by atoms with van der Waals surface area (Å²) in [6.07, 6.45) is 1.62. The molecule has 26 heavy (non-hydrogen) atoms. The number of nitrogens with zero attached hydrogens (tertiary/aromatic N) is 3. The summed E-state index contributed by atoms with van der Waals surface area (Å²) in [7, 11) is 3.97. The van der Waals surface area contributed by atoms with Gasteiger partial charge in [0.2, 0.25) is 0 Å². The lowest BCUT2D eigenvalue weighted by molar-refractivity contribution is 0.102. The highest BCUT2D eigenvalue weighted by molar-refractivity contribution is 9.10. The topological polar surface area (TPSA) is 50.2 Å². The van der Waals surface area contributed by atoms with Gasteiger partial charge < -0.3 is 10.2 Å². The summed E-state index contributed by atoms with van der Waals surface area (Å²) in [6.45, 7) is 0.515. The molecular formula is C19H18BrFN4O. The van der Waals surface area contributed by atoms with Crippen LogP contribution < -0.4 is 10.2 Å². The van der Waals surface area contributed by atoms with Crippen molar-refractivity contribution in [1.82, 2.24) is 9.78 Å². The van der Waals surface area contributed by atoms with Gasteiger partial charge in [-0.05, 0) is 51.8 Å². The zero-order valence-electron chi connectivity index (χ0n) is 14.4. The summed E-state index contributed by atoms with van der Waals surface area (Å²) in [4.78, 5) is 14.5. The zero-order chi connectivity index (χ0) is 18.7. The van der Waals surface area contributed by atoms with Crippen molar-refractivity contribution in [3.8, 4) is 0 Å². The maximum absolute atomic E-state index is 13.4. The summed E-state index contributed by atoms with van der Waals surface area (Å²) in [6, 6.07) is 13.8. The number of rotatable bonds is 5. The second kappa shape index (κ2) is 7.70. The molecule has 0 aliphatic heterocycles. The molecule has 0 unspecified atom stereocenters. The van der Waals surface area contributed by atoms with Gasteiger partial charge in [0.15, 0.2) is 0 Å². The minimum absolute atomic E-state index is 0.230. The van der Waals surface area contributed by atoms with Gasteiger partial charge in [-0.1, -0.05) is 12.1 Å². The Bertz CT molecular complexity index is 922. The van der Waals surface area contributed by atoms with Gasteiger partial charge in [0.05, 0.1) is 18.3 Å². The minimum atomic E-state index is -0.465. The van der Waals surface area contributed by atoms with Crippen LogP contribution in [0.3, 0.4) is 0 Å². The molecular weight excluding hydrogens is 399 g/mol. The van der Waals surface area contributed by atoms with Crippen LogP contribution in [0.4, 0.5) is 15.9 Å². The SMILES string of the molecule is CN(C)c1ccc(Cn2nccc2NC(=O)c2cc(F)ccc2Br)cc1. The first-order chi connectivity index (χ1) is 12.4. The Hall–Kier alpha value is -2.67. The van der Waals surface area contributed by atoms with Crippen LogP contribution in [0.1, 0.15) is 15.9 Å². The minimum Gasteiger partial charge on any atom is -0.378 e. The van der Waals surface area contributed by atoms with Crippen molar-refractivity contribution in [3.63, 3.8) is 0 Å². The van der Waals surface area contributed by atoms with Crippen LogP contribution in [0, 0.1) is 5.82 Å². The van der Waals surface area contributed by atoms with Crippen molar-refractivity contribution >= 4 is 33.3 Å². The van der Waals surface area contributed by atoms with E-state index in [0.29, 0.717) is 16.8 Å². The van der Waals surface area contributed by atoms with E-state index in [4.69, 9.17) is 0 Å². The van der Waals surface area contributed by atoms with Gasteiger partial charge in [0.1, 0.15) is 11.6 Å². The third-order valence-corrected chi connectivity index (χ3v) is 4.61. The summed E-state index contributed by atoms with van der Waals surface area (Å²) in [5, 5.41) is 7.04. The molecule has 1 aromatic heterocycles. The molecule has 1 amide bonds. The molecule has 0 saturated carbocycles. The standard InChI is InChI=1S/C19H18BrFN4O/c1-24(2)15-6-3-13(4-7-15)12-25-18(9-10-22-25)23-19(26)16-11-14(21)5-8-17(16)20/h3-11H,12H2,1-2H3,(H,23,26). The smallest absolute Gasteiger partial charge is 0.258 e. The van der Waals surface area contributed by atoms with Crippen molar-refractivity contribution in [2.45, 2.75) is 6.54 Å². The molecule has 0 aliphatic rings. The Kier molecular flexibility index (Phi) is 5.37. The molecule has 7 heteroatoms. The van der Waals surface area contributed by atoms with Crippen LogP contribution in [-0.4, -0.2) is 29.8 Å². The summed E-state index contributed by atoms with van der Waals surface area (Å²) >= 11 is 3.27. The number of benzene rings is 2. The number of aromatic nitrogens is 2. The fourth-order valence-corrected chi connectivity index (χ4v) is 2.92. The Balaban J connectivity index is 1.76. The highest BCUT2D eigenvalue weighted by Crippen LogP contribution is 2.20. The first-order valence-corrected chi connectivity index (χ1v) is 8.78. The predicted molar refractivity (Wildman–Crippen MR) is 104 cm³/mol. The maximum Gasteiger partial charge on any atom is 0.258 e. The number of hydrogen-bond donors (Lipinski definition) is 1. The molecule has 5 nitrogen and oxygen atoms in total. The Morgan fingerprint density at radius 3 is 2.62 bits per heavy atom. The largest absolute Gasteiger partial charge is 0.378 e. The molecule has 0 fully saturated rings. The monoisotopic (exact) mass is 416 g/mol. The highest BCUT2D eigenvalue weighted by atomic mass is 79.9. The first-order valence-electron chi connectivity index (χ1n) is 7.98. The van der Waals surface area contributed by atoms with E-state index in [1.165, 1.54) is 18.2 Å². The second-order valence-electron chi connectivity index (χ2n) is 6.01. The van der Waals surface area contributed by atoms with E-state index in [-0.39, 0.29) is 5.56 Å². The van der Waals surface area contributed by atoms with Gasteiger partial charge in [-0.25, -0.2) is 9.07 Å². The predicted octanol–water partition coefficient (Wildman–Crippen LogP) is 4.15. The van der Waals surface area contributed by atoms with E-state index in [2.05, 4.69) is 26.3 Å². The van der Waals surface area contributed by atoms with Crippen LogP contribution in [0.2, 0.25) is 0 Å². The van der Waals surface area contributed by atoms with Crippen molar-refractivity contribution in [3.05, 3.63) is 76.1 Å². The van der Waals surface area contributed by atoms with Gasteiger partial charge in [-0.3, -0.25) is 4.79 Å². The van der Waals surface area contributed by atoms with Gasteiger partial charge in [0, 0.05) is 30.3 Å². The van der Waals surface area contributed by atoms with Gasteiger partial charge in [0.25, 0.3) is 5.91 Å². The van der Waals surface area contributed by atoms with Crippen LogP contribution in [0.15, 0.2) is 59.2 Å². The van der Waals surface area contributed by atoms with E-state index < -0.39 is 11.7 Å². The summed E-state index contributed by atoms with van der Waals surface area (Å²) in [5.41, 5.74) is 2.40. The lowest BCUT2D eigenvalue weighted by atomic mass is 10.2. The number of hydrogen-bond acceptors (Lipinski definition) is 3. The lowest BCUT2D eigenvalue weighted by Gasteiger charge is -2.13. The van der Waals surface area contributed by atoms with Crippen molar-refractivity contribution in [2.24, 2.45) is 0 Å². The quantitative estimate of drug-likeness (QED) is 0.679. The molecule has 1 heterocycles. The molecule has 2 aromatic carbocycles. The molecule has 0 saturated heterocycles. The number of amides is 1. The molecule has 0 aliphatic carbocycles. The van der Waals surface area contributed by atoms with Crippen LogP contribution in [0.25, 0.3) is 0 Å². The Morgan fingerprint density at radius 1 is 1.19 bits per heavy atom. The second-order valence-corrected chi connectivity index (χ2v) is 6.87. The van der Waals surface area contributed by atoms with Crippen molar-refractivity contribution in [1.29, 1.82) is 0 Å². The van der Waals surface area contributed by atoms with Crippen molar-refractivity contribution < 1.29 is 9.18 Å². The highest BCUT2D eigenvalue weighted by Gasteiger charge is 2.14. The van der Waals surface area contributed by atoms with Crippen LogP contribution in [0.5, 0.6) is 0 Å². The van der Waals surface area contributed by atoms with Gasteiger partial charge in [-0.15, -0.1) is 0 Å². The lowest BCUT2D eigenvalue weighted by Crippen LogP contribution is -2.17. The van der Waals surface area contributed by atoms with Crippen LogP contribution in [-0.2, 0) is 6.54 Å². The van der Waals surface area contributed by atoms with Gasteiger partial charge >= 0.3 is 0 Å². The number of carbonyl (C=O) groups is 1. The third kappa shape index (κ3) is 4.11. The molecule has 3 aromatic rings. The molecule has 1 N–H and O–H groups in total. The van der Waals surface area contributed by atoms with E-state index in [0.717, 1.165) is 11.3 Å².